The van der Waals surface area contributed by atoms with E-state index < -0.39 is 46.5 Å². The fourth-order valence-electron chi connectivity index (χ4n) is 2.82. The molecule has 9 heteroatoms. The van der Waals surface area contributed by atoms with Gasteiger partial charge >= 0.3 is 5.97 Å². The Balaban J connectivity index is 1.98. The average Bonchev–Trinajstić information content (AvgIpc) is 2.55. The van der Waals surface area contributed by atoms with Gasteiger partial charge < -0.3 is 15.3 Å². The zero-order valence-electron chi connectivity index (χ0n) is 14.5. The van der Waals surface area contributed by atoms with Gasteiger partial charge in [0.25, 0.3) is 5.91 Å². The number of aliphatic carboxylic acids is 1. The highest BCUT2D eigenvalue weighted by Crippen LogP contribution is 2.31. The lowest BCUT2D eigenvalue weighted by Crippen LogP contribution is -2.53. The quantitative estimate of drug-likeness (QED) is 0.798. The molecule has 27 heavy (non-hydrogen) atoms. The number of hydrogen-bond donors (Lipinski definition) is 2. The Kier molecular flexibility index (Phi) is 4.77. The normalized spacial score (nSPS) is 14.0. The summed E-state index contributed by atoms with van der Waals surface area (Å²) < 4.78 is 41.9. The SMILES string of the molecule is Cc1cnc(Nc2c(C(=O)N3CC(C(=O)O)C3)cc(F)c(F)c2F)c(C)c1. The van der Waals surface area contributed by atoms with E-state index in [2.05, 4.69) is 10.3 Å². The van der Waals surface area contributed by atoms with Crippen molar-refractivity contribution >= 4 is 23.4 Å². The van der Waals surface area contributed by atoms with Gasteiger partial charge in [0, 0.05) is 19.3 Å². The Hall–Kier alpha value is -3.10. The maximum Gasteiger partial charge on any atom is 0.310 e. The minimum atomic E-state index is -1.72. The van der Waals surface area contributed by atoms with Crippen LogP contribution in [0.4, 0.5) is 24.7 Å². The highest BCUT2D eigenvalue weighted by molar-refractivity contribution is 6.01. The number of hydrogen-bond acceptors (Lipinski definition) is 4. The highest BCUT2D eigenvalue weighted by Gasteiger charge is 2.37. The van der Waals surface area contributed by atoms with E-state index in [0.29, 0.717) is 11.6 Å². The number of amides is 1. The summed E-state index contributed by atoms with van der Waals surface area (Å²) in [5.41, 5.74) is 0.488. The maximum atomic E-state index is 14.4. The molecule has 0 spiro atoms. The van der Waals surface area contributed by atoms with E-state index in [4.69, 9.17) is 5.11 Å². The molecule has 0 radical (unpaired) electrons. The van der Waals surface area contributed by atoms with Gasteiger partial charge in [0.15, 0.2) is 17.5 Å². The van der Waals surface area contributed by atoms with Crippen molar-refractivity contribution in [3.63, 3.8) is 0 Å². The number of benzene rings is 1. The van der Waals surface area contributed by atoms with Crippen LogP contribution in [0, 0.1) is 37.2 Å². The van der Waals surface area contributed by atoms with Gasteiger partial charge in [-0.2, -0.15) is 0 Å². The Morgan fingerprint density at radius 2 is 1.85 bits per heavy atom. The van der Waals surface area contributed by atoms with Gasteiger partial charge in [-0.05, 0) is 31.0 Å². The van der Waals surface area contributed by atoms with Crippen molar-refractivity contribution in [3.8, 4) is 0 Å². The van der Waals surface area contributed by atoms with E-state index in [9.17, 15) is 22.8 Å². The van der Waals surface area contributed by atoms with Gasteiger partial charge in [0.1, 0.15) is 5.82 Å². The topological polar surface area (TPSA) is 82.5 Å². The summed E-state index contributed by atoms with van der Waals surface area (Å²) in [5.74, 6) is -7.18. The molecule has 1 aromatic heterocycles. The molecule has 1 aliphatic rings. The number of nitrogens with zero attached hydrogens (tertiary/aromatic N) is 2. The number of carbonyl (C=O) groups excluding carboxylic acids is 1. The zero-order chi connectivity index (χ0) is 19.9. The van der Waals surface area contributed by atoms with Crippen molar-refractivity contribution < 1.29 is 27.9 Å². The largest absolute Gasteiger partial charge is 0.481 e. The van der Waals surface area contributed by atoms with Crippen LogP contribution in [0.2, 0.25) is 0 Å². The lowest BCUT2D eigenvalue weighted by atomic mass is 9.98. The average molecular weight is 379 g/mol. The van der Waals surface area contributed by atoms with Crippen molar-refractivity contribution in [2.45, 2.75) is 13.8 Å². The molecule has 1 aromatic carbocycles. The monoisotopic (exact) mass is 379 g/mol. The first-order valence-corrected chi connectivity index (χ1v) is 8.09. The number of carboxylic acid groups (broad SMARTS) is 1. The molecule has 6 nitrogen and oxygen atoms in total. The summed E-state index contributed by atoms with van der Waals surface area (Å²) in [6, 6.07) is 2.35. The molecule has 1 aliphatic heterocycles. The summed E-state index contributed by atoms with van der Waals surface area (Å²) in [6.07, 6.45) is 1.50. The van der Waals surface area contributed by atoms with E-state index in [-0.39, 0.29) is 18.9 Å². The second kappa shape index (κ2) is 6.90. The first-order valence-electron chi connectivity index (χ1n) is 8.09. The number of carbonyl (C=O) groups is 2. The Morgan fingerprint density at radius 3 is 2.44 bits per heavy atom. The number of aromatic nitrogens is 1. The molecule has 2 heterocycles. The lowest BCUT2D eigenvalue weighted by Gasteiger charge is -2.37. The third kappa shape index (κ3) is 3.44. The van der Waals surface area contributed by atoms with E-state index in [1.807, 2.05) is 0 Å². The van der Waals surface area contributed by atoms with Crippen LogP contribution < -0.4 is 5.32 Å². The third-order valence-electron chi connectivity index (χ3n) is 4.37. The summed E-state index contributed by atoms with van der Waals surface area (Å²) >= 11 is 0. The standard InChI is InChI=1S/C18H16F3N3O3/c1-8-3-9(2)16(22-5-8)23-15-11(4-12(19)13(20)14(15)21)17(25)24-6-10(7-24)18(26)27/h3-5,10H,6-7H2,1-2H3,(H,22,23)(H,26,27). The number of anilines is 2. The van der Waals surface area contributed by atoms with Crippen LogP contribution in [0.1, 0.15) is 21.5 Å². The predicted molar refractivity (Wildman–Crippen MR) is 90.3 cm³/mol. The number of aryl methyl sites for hydroxylation is 2. The number of carboxylic acids is 1. The number of likely N-dealkylation sites (tertiary alicyclic amines) is 1. The fraction of sp³-hybridized carbons (Fsp3) is 0.278. The van der Waals surface area contributed by atoms with E-state index in [0.717, 1.165) is 10.5 Å². The molecule has 1 saturated heterocycles. The van der Waals surface area contributed by atoms with Crippen LogP contribution in [-0.4, -0.2) is 40.0 Å². The minimum absolute atomic E-state index is 0.0873. The van der Waals surface area contributed by atoms with Crippen molar-refractivity contribution in [3.05, 3.63) is 52.5 Å². The van der Waals surface area contributed by atoms with Gasteiger partial charge in [0.05, 0.1) is 17.2 Å². The zero-order valence-corrected chi connectivity index (χ0v) is 14.5. The second-order valence-corrected chi connectivity index (χ2v) is 6.46. The molecule has 0 unspecified atom stereocenters. The van der Waals surface area contributed by atoms with Crippen LogP contribution in [0.15, 0.2) is 18.3 Å². The number of rotatable bonds is 4. The molecular weight excluding hydrogens is 363 g/mol. The molecule has 3 rings (SSSR count). The van der Waals surface area contributed by atoms with Gasteiger partial charge in [-0.1, -0.05) is 6.07 Å². The smallest absolute Gasteiger partial charge is 0.310 e. The predicted octanol–water partition coefficient (Wildman–Crippen LogP) is 3.02. The molecule has 0 saturated carbocycles. The summed E-state index contributed by atoms with van der Waals surface area (Å²) in [7, 11) is 0. The Bertz CT molecular complexity index is 943. The molecule has 1 amide bonds. The summed E-state index contributed by atoms with van der Waals surface area (Å²) in [6.45, 7) is 3.32. The third-order valence-corrected chi connectivity index (χ3v) is 4.37. The molecule has 1 fully saturated rings. The van der Waals surface area contributed by atoms with Crippen molar-refractivity contribution in [2.75, 3.05) is 18.4 Å². The van der Waals surface area contributed by atoms with Crippen LogP contribution in [-0.2, 0) is 4.79 Å². The summed E-state index contributed by atoms with van der Waals surface area (Å²) in [4.78, 5) is 28.7. The van der Waals surface area contributed by atoms with Crippen molar-refractivity contribution in [1.82, 2.24) is 9.88 Å². The minimum Gasteiger partial charge on any atom is -0.481 e. The first-order chi connectivity index (χ1) is 12.7. The molecule has 0 atom stereocenters. The van der Waals surface area contributed by atoms with Crippen molar-refractivity contribution in [1.29, 1.82) is 0 Å². The van der Waals surface area contributed by atoms with E-state index in [1.165, 1.54) is 6.20 Å². The molecule has 2 aromatic rings. The molecular formula is C18H16F3N3O3. The Labute approximate surface area is 152 Å². The highest BCUT2D eigenvalue weighted by atomic mass is 19.2. The van der Waals surface area contributed by atoms with Gasteiger partial charge in [-0.15, -0.1) is 0 Å². The molecule has 0 aliphatic carbocycles. The maximum absolute atomic E-state index is 14.4. The van der Waals surface area contributed by atoms with Crippen LogP contribution in [0.25, 0.3) is 0 Å². The molecule has 2 N–H and O–H groups in total. The number of pyridine rings is 1. The molecule has 142 valence electrons. The van der Waals surface area contributed by atoms with Crippen molar-refractivity contribution in [2.24, 2.45) is 5.92 Å². The first kappa shape index (κ1) is 18.7. The fourth-order valence-corrected chi connectivity index (χ4v) is 2.82. The molecule has 0 bridgehead atoms. The number of halogens is 3. The van der Waals surface area contributed by atoms with Crippen LogP contribution in [0.5, 0.6) is 0 Å². The number of nitrogens with one attached hydrogen (secondary N) is 1. The van der Waals surface area contributed by atoms with Crippen LogP contribution in [0.3, 0.4) is 0 Å². The lowest BCUT2D eigenvalue weighted by molar-refractivity contribution is -0.146. The van der Waals surface area contributed by atoms with E-state index in [1.54, 1.807) is 19.9 Å². The van der Waals surface area contributed by atoms with Crippen LogP contribution >= 0.6 is 0 Å². The van der Waals surface area contributed by atoms with Gasteiger partial charge in [-0.3, -0.25) is 9.59 Å². The summed E-state index contributed by atoms with van der Waals surface area (Å²) in [5, 5.41) is 11.5. The van der Waals surface area contributed by atoms with Gasteiger partial charge in [-0.25, -0.2) is 18.2 Å². The van der Waals surface area contributed by atoms with E-state index >= 15 is 0 Å². The van der Waals surface area contributed by atoms with Gasteiger partial charge in [0.2, 0.25) is 0 Å². The second-order valence-electron chi connectivity index (χ2n) is 6.46. The Morgan fingerprint density at radius 1 is 1.19 bits per heavy atom.